The Morgan fingerprint density at radius 2 is 2.05 bits per heavy atom. The first-order valence-electron chi connectivity index (χ1n) is 7.04. The van der Waals surface area contributed by atoms with Crippen LogP contribution in [0.1, 0.15) is 25.0 Å². The van der Waals surface area contributed by atoms with E-state index in [9.17, 15) is 13.2 Å². The Morgan fingerprint density at radius 1 is 1.25 bits per heavy atom. The molecule has 1 saturated carbocycles. The van der Waals surface area contributed by atoms with Crippen LogP contribution in [0.4, 0.5) is 18.9 Å². The second-order valence-electron chi connectivity index (χ2n) is 5.68. The summed E-state index contributed by atoms with van der Waals surface area (Å²) in [7, 11) is 0. The molecule has 0 radical (unpaired) electrons. The monoisotopic (exact) mass is 285 g/mol. The molecule has 1 unspecified atom stereocenters. The molecule has 2 fully saturated rings. The Kier molecular flexibility index (Phi) is 3.58. The highest BCUT2D eigenvalue weighted by Gasteiger charge is 2.32. The van der Waals surface area contributed by atoms with Crippen molar-refractivity contribution < 1.29 is 13.2 Å². The summed E-state index contributed by atoms with van der Waals surface area (Å²) in [5.41, 5.74) is -0.0423. The van der Waals surface area contributed by atoms with Crippen LogP contribution >= 0.6 is 0 Å². The van der Waals surface area contributed by atoms with Gasteiger partial charge in [-0.05, 0) is 43.9 Å². The van der Waals surface area contributed by atoms with Crippen LogP contribution in [0.25, 0.3) is 0 Å². The first kappa shape index (κ1) is 13.7. The molecule has 1 atom stereocenters. The zero-order valence-electron chi connectivity index (χ0n) is 11.2. The normalized spacial score (nSPS) is 23.4. The van der Waals surface area contributed by atoms with Crippen LogP contribution in [0, 0.1) is 5.92 Å². The number of alkyl halides is 3. The van der Waals surface area contributed by atoms with Crippen molar-refractivity contribution in [2.45, 2.75) is 31.5 Å². The lowest BCUT2D eigenvalue weighted by Crippen LogP contribution is -2.27. The topological polar surface area (TPSA) is 28.2 Å². The molecule has 0 amide bonds. The second-order valence-corrected chi connectivity index (χ2v) is 5.68. The fourth-order valence-electron chi connectivity index (χ4n) is 2.60. The molecule has 0 bridgehead atoms. The summed E-state index contributed by atoms with van der Waals surface area (Å²) in [5, 5.41) is 3.51. The molecule has 1 N–H and O–H groups in total. The average molecular weight is 285 g/mol. The molecule has 0 aromatic carbocycles. The van der Waals surface area contributed by atoms with E-state index < -0.39 is 11.9 Å². The molecule has 110 valence electrons. The highest BCUT2D eigenvalue weighted by atomic mass is 19.4. The predicted octanol–water partition coefficient (Wildman–Crippen LogP) is 2.68. The summed E-state index contributed by atoms with van der Waals surface area (Å²) < 4.78 is 37.4. The largest absolute Gasteiger partial charge is 0.433 e. The Morgan fingerprint density at radius 3 is 2.65 bits per heavy atom. The number of nitrogens with zero attached hydrogens (tertiary/aromatic N) is 2. The minimum atomic E-state index is -4.36. The van der Waals surface area contributed by atoms with Gasteiger partial charge in [-0.15, -0.1) is 0 Å². The van der Waals surface area contributed by atoms with Gasteiger partial charge in [0.2, 0.25) is 0 Å². The highest BCUT2D eigenvalue weighted by molar-refractivity contribution is 5.45. The van der Waals surface area contributed by atoms with Gasteiger partial charge < -0.3 is 10.2 Å². The van der Waals surface area contributed by atoms with Gasteiger partial charge in [0.25, 0.3) is 0 Å². The summed E-state index contributed by atoms with van der Waals surface area (Å²) in [6, 6.07) is 3.29. The Labute approximate surface area is 116 Å². The van der Waals surface area contributed by atoms with Crippen molar-refractivity contribution in [2.75, 3.05) is 24.5 Å². The molecular weight excluding hydrogens is 267 g/mol. The molecule has 2 heterocycles. The lowest BCUT2D eigenvalue weighted by atomic mass is 10.1. The average Bonchev–Trinajstić information content (AvgIpc) is 3.13. The quantitative estimate of drug-likeness (QED) is 0.922. The summed E-state index contributed by atoms with van der Waals surface area (Å²) in [6.07, 6.45) is 0.610. The van der Waals surface area contributed by atoms with Gasteiger partial charge in [0.15, 0.2) is 0 Å². The van der Waals surface area contributed by atoms with E-state index in [-0.39, 0.29) is 0 Å². The molecule has 1 aliphatic heterocycles. The van der Waals surface area contributed by atoms with Gasteiger partial charge in [0.1, 0.15) is 5.69 Å². The zero-order chi connectivity index (χ0) is 14.2. The maximum Gasteiger partial charge on any atom is 0.433 e. The maximum absolute atomic E-state index is 12.5. The number of halogens is 3. The Balaban J connectivity index is 1.56. The molecule has 1 aromatic heterocycles. The molecule has 1 aliphatic carbocycles. The first-order valence-corrected chi connectivity index (χ1v) is 7.04. The van der Waals surface area contributed by atoms with Crippen LogP contribution in [0.3, 0.4) is 0 Å². The third kappa shape index (κ3) is 3.23. The van der Waals surface area contributed by atoms with Crippen LogP contribution < -0.4 is 10.2 Å². The lowest BCUT2D eigenvalue weighted by Gasteiger charge is -2.19. The Bertz CT molecular complexity index is 454. The number of hydrogen-bond donors (Lipinski definition) is 1. The Hall–Kier alpha value is -1.30. The summed E-state index contributed by atoms with van der Waals surface area (Å²) in [4.78, 5) is 5.64. The summed E-state index contributed by atoms with van der Waals surface area (Å²) >= 11 is 0. The van der Waals surface area contributed by atoms with Gasteiger partial charge in [-0.25, -0.2) is 4.98 Å². The lowest BCUT2D eigenvalue weighted by molar-refractivity contribution is -0.141. The minimum absolute atomic E-state index is 0.581. The van der Waals surface area contributed by atoms with Crippen LogP contribution in [-0.4, -0.2) is 30.7 Å². The van der Waals surface area contributed by atoms with Crippen LogP contribution in [0.15, 0.2) is 18.3 Å². The SMILES string of the molecule is FC(F)(F)c1ccc(N2CCC(CNC3CC3)C2)cn1. The number of nitrogens with one attached hydrogen (secondary N) is 1. The van der Waals surface area contributed by atoms with E-state index in [1.807, 2.05) is 0 Å². The number of hydrogen-bond acceptors (Lipinski definition) is 3. The van der Waals surface area contributed by atoms with E-state index in [0.717, 1.165) is 37.8 Å². The van der Waals surface area contributed by atoms with Gasteiger partial charge in [-0.2, -0.15) is 13.2 Å². The predicted molar refractivity (Wildman–Crippen MR) is 70.6 cm³/mol. The van der Waals surface area contributed by atoms with Gasteiger partial charge >= 0.3 is 6.18 Å². The molecule has 6 heteroatoms. The molecule has 1 aromatic rings. The molecule has 20 heavy (non-hydrogen) atoms. The van der Waals surface area contributed by atoms with E-state index in [1.54, 1.807) is 0 Å². The van der Waals surface area contributed by atoms with Crippen molar-refractivity contribution in [3.05, 3.63) is 24.0 Å². The smallest absolute Gasteiger partial charge is 0.370 e. The van der Waals surface area contributed by atoms with Crippen molar-refractivity contribution in [1.29, 1.82) is 0 Å². The van der Waals surface area contributed by atoms with Gasteiger partial charge in [-0.3, -0.25) is 0 Å². The number of aromatic nitrogens is 1. The third-order valence-electron chi connectivity index (χ3n) is 3.96. The van der Waals surface area contributed by atoms with Crippen molar-refractivity contribution in [1.82, 2.24) is 10.3 Å². The fraction of sp³-hybridized carbons (Fsp3) is 0.643. The standard InChI is InChI=1S/C14H18F3N3/c15-14(16,17)13-4-3-12(8-19-13)20-6-5-10(9-20)7-18-11-1-2-11/h3-4,8,10-11,18H,1-2,5-7,9H2. The first-order chi connectivity index (χ1) is 9.52. The minimum Gasteiger partial charge on any atom is -0.370 e. The van der Waals surface area contributed by atoms with Crippen LogP contribution in [-0.2, 0) is 6.18 Å². The highest BCUT2D eigenvalue weighted by Crippen LogP contribution is 2.30. The van der Waals surface area contributed by atoms with Gasteiger partial charge in [-0.1, -0.05) is 0 Å². The van der Waals surface area contributed by atoms with E-state index >= 15 is 0 Å². The summed E-state index contributed by atoms with van der Waals surface area (Å²) in [6.45, 7) is 2.80. The van der Waals surface area contributed by atoms with Crippen molar-refractivity contribution >= 4 is 5.69 Å². The van der Waals surface area contributed by atoms with Gasteiger partial charge in [0.05, 0.1) is 11.9 Å². The zero-order valence-corrected chi connectivity index (χ0v) is 11.2. The molecular formula is C14H18F3N3. The summed E-state index contributed by atoms with van der Waals surface area (Å²) in [5.74, 6) is 0.581. The van der Waals surface area contributed by atoms with Gasteiger partial charge in [0, 0.05) is 19.1 Å². The number of rotatable bonds is 4. The van der Waals surface area contributed by atoms with Crippen LogP contribution in [0.5, 0.6) is 0 Å². The number of anilines is 1. The molecule has 0 spiro atoms. The molecule has 2 aliphatic rings. The van der Waals surface area contributed by atoms with E-state index in [1.165, 1.54) is 25.1 Å². The second kappa shape index (κ2) is 5.24. The van der Waals surface area contributed by atoms with Crippen molar-refractivity contribution in [2.24, 2.45) is 5.92 Å². The van der Waals surface area contributed by atoms with E-state index in [4.69, 9.17) is 0 Å². The number of pyridine rings is 1. The van der Waals surface area contributed by atoms with Crippen molar-refractivity contribution in [3.8, 4) is 0 Å². The molecule has 3 rings (SSSR count). The third-order valence-corrected chi connectivity index (χ3v) is 3.96. The fourth-order valence-corrected chi connectivity index (χ4v) is 2.60. The molecule has 1 saturated heterocycles. The molecule has 3 nitrogen and oxygen atoms in total. The van der Waals surface area contributed by atoms with Crippen LogP contribution in [0.2, 0.25) is 0 Å². The van der Waals surface area contributed by atoms with E-state index in [2.05, 4.69) is 15.2 Å². The van der Waals surface area contributed by atoms with E-state index in [0.29, 0.717) is 12.0 Å². The maximum atomic E-state index is 12.5. The van der Waals surface area contributed by atoms with Crippen molar-refractivity contribution in [3.63, 3.8) is 0 Å².